The molecule has 330 valence electrons. The van der Waals surface area contributed by atoms with Crippen molar-refractivity contribution in [3.8, 4) is 0 Å². The molecule has 16 heteroatoms. The van der Waals surface area contributed by atoms with E-state index in [4.69, 9.17) is 14.6 Å². The lowest BCUT2D eigenvalue weighted by Crippen LogP contribution is -2.62. The van der Waals surface area contributed by atoms with E-state index in [1.807, 2.05) is 25.1 Å². The maximum atomic E-state index is 14.1. The largest absolute Gasteiger partial charge is 0.481 e. The molecule has 61 heavy (non-hydrogen) atoms. The highest BCUT2D eigenvalue weighted by atomic mass is 79.9. The number of benzene rings is 1. The van der Waals surface area contributed by atoms with E-state index in [1.165, 1.54) is 0 Å². The average Bonchev–Trinajstić information content (AvgIpc) is 3.70. The van der Waals surface area contributed by atoms with Crippen molar-refractivity contribution >= 4 is 62.3 Å². The summed E-state index contributed by atoms with van der Waals surface area (Å²) in [6, 6.07) is 6.08. The van der Waals surface area contributed by atoms with Gasteiger partial charge in [0.1, 0.15) is 12.0 Å². The van der Waals surface area contributed by atoms with Gasteiger partial charge in [-0.2, -0.15) is 0 Å². The van der Waals surface area contributed by atoms with E-state index in [1.54, 1.807) is 12.2 Å². The first kappa shape index (κ1) is 44.2. The van der Waals surface area contributed by atoms with Gasteiger partial charge in [-0.15, -0.1) is 0 Å². The van der Waals surface area contributed by atoms with Crippen molar-refractivity contribution in [3.63, 3.8) is 0 Å². The third-order valence-electron chi connectivity index (χ3n) is 15.5. The maximum absolute atomic E-state index is 14.1. The number of alkyl halides is 2. The number of amides is 3. The number of carboxylic acids is 1. The summed E-state index contributed by atoms with van der Waals surface area (Å²) in [5, 5.41) is 28.7. The Morgan fingerprint density at radius 1 is 1.05 bits per heavy atom. The number of aliphatic hydroxyl groups excluding tert-OH is 1. The molecular formula is C45H55BrFN3O10S. The van der Waals surface area contributed by atoms with Crippen LogP contribution in [-0.4, -0.2) is 92.6 Å². The second kappa shape index (κ2) is 16.9. The molecule has 5 N–H and O–H groups in total. The van der Waals surface area contributed by atoms with Gasteiger partial charge >= 0.3 is 5.97 Å². The highest BCUT2D eigenvalue weighted by Crippen LogP contribution is 2.71. The number of carboxylic acid groups (broad SMARTS) is 1. The highest BCUT2D eigenvalue weighted by molar-refractivity contribution is 9.09. The predicted octanol–water partition coefficient (Wildman–Crippen LogP) is 4.99. The number of nitrogens with one attached hydrogen (secondary N) is 3. The Morgan fingerprint density at radius 3 is 2.48 bits per heavy atom. The van der Waals surface area contributed by atoms with Gasteiger partial charge in [0.05, 0.1) is 24.1 Å². The van der Waals surface area contributed by atoms with Gasteiger partial charge in [-0.05, 0) is 105 Å². The van der Waals surface area contributed by atoms with E-state index < -0.39 is 69.9 Å². The Balaban J connectivity index is 0.861. The predicted molar refractivity (Wildman–Crippen MR) is 225 cm³/mol. The fraction of sp³-hybridized carbons (Fsp3) is 0.644. The van der Waals surface area contributed by atoms with Crippen LogP contribution in [0.1, 0.15) is 95.5 Å². The number of ether oxygens (including phenoxy) is 2. The average molecular weight is 929 g/mol. The summed E-state index contributed by atoms with van der Waals surface area (Å²) >= 11 is 3.62. The molecule has 7 aliphatic rings. The van der Waals surface area contributed by atoms with E-state index in [2.05, 4.69) is 50.9 Å². The number of allylic oxidation sites excluding steroid dienone is 4. The quantitative estimate of drug-likeness (QED) is 0.158. The molecule has 0 bridgehead atoms. The summed E-state index contributed by atoms with van der Waals surface area (Å²) in [5.74, 6) is -2.10. The van der Waals surface area contributed by atoms with Crippen LogP contribution < -0.4 is 16.0 Å². The van der Waals surface area contributed by atoms with Gasteiger partial charge in [0.2, 0.25) is 22.8 Å². The molecule has 3 amide bonds. The van der Waals surface area contributed by atoms with Crippen molar-refractivity contribution in [1.82, 2.24) is 16.0 Å². The Morgan fingerprint density at radius 2 is 1.79 bits per heavy atom. The lowest BCUT2D eigenvalue weighted by Gasteiger charge is -2.59. The first-order valence-electron chi connectivity index (χ1n) is 21.4. The van der Waals surface area contributed by atoms with Gasteiger partial charge in [-0.25, -0.2) is 4.39 Å². The van der Waals surface area contributed by atoms with Gasteiger partial charge in [-0.1, -0.05) is 77.5 Å². The molecule has 0 radical (unpaired) electrons. The van der Waals surface area contributed by atoms with Crippen LogP contribution in [0.3, 0.4) is 0 Å². The molecule has 1 aromatic carbocycles. The van der Waals surface area contributed by atoms with Crippen LogP contribution >= 0.6 is 27.7 Å². The molecular weight excluding hydrogens is 873 g/mol. The van der Waals surface area contributed by atoms with Crippen LogP contribution in [0.5, 0.6) is 0 Å². The van der Waals surface area contributed by atoms with Crippen molar-refractivity contribution < 1.29 is 52.8 Å². The zero-order valence-electron chi connectivity index (χ0n) is 34.5. The topological polar surface area (TPSA) is 197 Å². The minimum absolute atomic E-state index is 0.00481. The van der Waals surface area contributed by atoms with Crippen molar-refractivity contribution in [2.45, 2.75) is 121 Å². The molecule has 6 aliphatic carbocycles. The summed E-state index contributed by atoms with van der Waals surface area (Å²) in [6.07, 6.45) is 9.62. The molecule has 6 fully saturated rings. The number of carbonyl (C=O) groups is 6. The van der Waals surface area contributed by atoms with Crippen LogP contribution in [0, 0.1) is 39.9 Å². The zero-order valence-corrected chi connectivity index (χ0v) is 36.9. The third kappa shape index (κ3) is 7.95. The number of fused-ring (bicyclic) bond motifs is 7. The van der Waals surface area contributed by atoms with Gasteiger partial charge in [0.25, 0.3) is 0 Å². The summed E-state index contributed by atoms with van der Waals surface area (Å²) in [6.45, 7) is 3.81. The minimum atomic E-state index is -1.43. The second-order valence-electron chi connectivity index (χ2n) is 19.1. The molecule has 8 rings (SSSR count). The minimum Gasteiger partial charge on any atom is -0.481 e. The number of rotatable bonds is 14. The fourth-order valence-corrected chi connectivity index (χ4v) is 13.8. The molecule has 13 nitrogen and oxygen atoms in total. The first-order chi connectivity index (χ1) is 29.0. The van der Waals surface area contributed by atoms with Gasteiger partial charge in [-0.3, -0.25) is 28.8 Å². The number of carbonyl (C=O) groups excluding carboxylic acids is 5. The SMILES string of the molecule is C[C@]12C=CC(=O)C=C1CC[C@@H]1[C@@H]2[C@@H](O)C[C@@]2(C)[C@H]1C[C@H]1O[C@@H](c3ccc(CC4CC5(C4)CC(NC(=O)[C@H](CCC(=O)O)NC(=O)CNC(=O)CBr)C5)cc3)O[C@]12C(=O)SCF. The number of halogens is 2. The zero-order chi connectivity index (χ0) is 43.5. The maximum Gasteiger partial charge on any atom is 0.303 e. The molecule has 10 atom stereocenters. The van der Waals surface area contributed by atoms with Crippen LogP contribution in [0.2, 0.25) is 0 Å². The van der Waals surface area contributed by atoms with Gasteiger partial charge in [0, 0.05) is 34.8 Å². The number of hydrogen-bond donors (Lipinski definition) is 5. The summed E-state index contributed by atoms with van der Waals surface area (Å²) < 4.78 is 27.4. The van der Waals surface area contributed by atoms with Crippen LogP contribution in [0.25, 0.3) is 0 Å². The Bertz CT molecular complexity index is 2020. The fourth-order valence-electron chi connectivity index (χ4n) is 12.9. The molecule has 1 saturated heterocycles. The Hall–Kier alpha value is -3.44. The molecule has 1 aliphatic heterocycles. The number of thioether (sulfide) groups is 1. The van der Waals surface area contributed by atoms with E-state index in [-0.39, 0.29) is 65.6 Å². The summed E-state index contributed by atoms with van der Waals surface area (Å²) in [5.41, 5.74) is 0.424. The summed E-state index contributed by atoms with van der Waals surface area (Å²) in [4.78, 5) is 74.5. The van der Waals surface area contributed by atoms with Crippen LogP contribution in [-0.2, 0) is 44.7 Å². The van der Waals surface area contributed by atoms with Crippen molar-refractivity contribution in [3.05, 3.63) is 59.2 Å². The molecule has 5 saturated carbocycles. The first-order valence-corrected chi connectivity index (χ1v) is 23.6. The normalized spacial score (nSPS) is 38.4. The molecule has 1 aromatic rings. The van der Waals surface area contributed by atoms with Crippen molar-refractivity contribution in [2.24, 2.45) is 39.9 Å². The van der Waals surface area contributed by atoms with E-state index in [0.717, 1.165) is 61.6 Å². The van der Waals surface area contributed by atoms with Crippen LogP contribution in [0.15, 0.2) is 48.1 Å². The second-order valence-corrected chi connectivity index (χ2v) is 20.5. The Kier molecular flexibility index (Phi) is 12.3. The monoisotopic (exact) mass is 927 g/mol. The number of hydrogen-bond acceptors (Lipinski definition) is 10. The molecule has 1 spiro atoms. The number of aliphatic carboxylic acids is 1. The van der Waals surface area contributed by atoms with E-state index in [0.29, 0.717) is 30.5 Å². The van der Waals surface area contributed by atoms with Gasteiger partial charge in [0.15, 0.2) is 17.7 Å². The Labute approximate surface area is 367 Å². The summed E-state index contributed by atoms with van der Waals surface area (Å²) in [7, 11) is 0. The number of aliphatic hydroxyl groups is 1. The molecule has 0 unspecified atom stereocenters. The molecule has 1 heterocycles. The van der Waals surface area contributed by atoms with Crippen molar-refractivity contribution in [2.75, 3.05) is 17.9 Å². The van der Waals surface area contributed by atoms with Crippen molar-refractivity contribution in [1.29, 1.82) is 0 Å². The number of ketones is 1. The smallest absolute Gasteiger partial charge is 0.303 e. The third-order valence-corrected chi connectivity index (χ3v) is 16.7. The van der Waals surface area contributed by atoms with Gasteiger partial charge < -0.3 is 35.6 Å². The lowest BCUT2D eigenvalue weighted by atomic mass is 9.46. The lowest BCUT2D eigenvalue weighted by molar-refractivity contribution is -0.194. The molecule has 0 aromatic heterocycles. The van der Waals surface area contributed by atoms with E-state index in [9.17, 15) is 38.3 Å². The van der Waals surface area contributed by atoms with Crippen LogP contribution in [0.4, 0.5) is 4.39 Å². The highest BCUT2D eigenvalue weighted by Gasteiger charge is 2.76. The standard InChI is InChI=1S/C45H55BrFN3O10S/c1-42-12-11-29(51)14-27(42)7-8-30-31-15-34-45(41(58)61-23-47,43(31,2)20-33(52)38(30)42)60-40(59-34)26-5-3-24(4-6-26)13-25-16-44(17-25)18-28(19-44)49-39(57)32(9-10-37(55)56)50-36(54)22-48-35(53)21-46/h3-6,11-12,14,25,28,30-34,38,40,52H,7-10,13,15-23H2,1-2H3,(H,48,53)(H,49,57)(H,50,54)(H,55,56)/t25?,28?,30-,31-,32-,33-,34+,38+,40+,42-,43-,44?,45-/m0/s1. The van der Waals surface area contributed by atoms with E-state index >= 15 is 0 Å².